The molecule has 1 aromatic carbocycles. The van der Waals surface area contributed by atoms with Gasteiger partial charge in [0.2, 0.25) is 0 Å². The number of rotatable bonds is 6. The van der Waals surface area contributed by atoms with Crippen LogP contribution in [0.4, 0.5) is 0 Å². The second-order valence-electron chi connectivity index (χ2n) is 5.36. The van der Waals surface area contributed by atoms with Gasteiger partial charge in [0, 0.05) is 0 Å². The number of benzene rings is 1. The van der Waals surface area contributed by atoms with Crippen molar-refractivity contribution in [3.63, 3.8) is 0 Å². The van der Waals surface area contributed by atoms with Crippen LogP contribution >= 0.6 is 0 Å². The summed E-state index contributed by atoms with van der Waals surface area (Å²) in [5, 5.41) is 0. The monoisotopic (exact) mass is 229 g/mol. The molecule has 0 heterocycles. The van der Waals surface area contributed by atoms with Gasteiger partial charge in [-0.2, -0.15) is 0 Å². The molecule has 1 aliphatic rings. The first-order valence-electron chi connectivity index (χ1n) is 7.32. The predicted molar refractivity (Wildman–Crippen MR) is 74.9 cm³/mol. The molecule has 17 heavy (non-hydrogen) atoms. The van der Waals surface area contributed by atoms with Gasteiger partial charge in [-0.15, -0.1) is 0 Å². The Labute approximate surface area is 106 Å². The zero-order valence-corrected chi connectivity index (χ0v) is 11.0. The van der Waals surface area contributed by atoms with E-state index in [0.29, 0.717) is 0 Å². The minimum Gasteiger partial charge on any atom is -0.0622 e. The highest BCUT2D eigenvalue weighted by atomic mass is 14.2. The van der Waals surface area contributed by atoms with Crippen molar-refractivity contribution in [3.8, 4) is 0 Å². The molecular formula is C17H25. The molecule has 1 aliphatic carbocycles. The van der Waals surface area contributed by atoms with Crippen molar-refractivity contribution in [1.82, 2.24) is 0 Å². The molecule has 2 rings (SSSR count). The highest BCUT2D eigenvalue weighted by Crippen LogP contribution is 2.29. The third-order valence-electron chi connectivity index (χ3n) is 3.90. The maximum absolute atomic E-state index is 2.25. The Bertz CT molecular complexity index is 282. The lowest BCUT2D eigenvalue weighted by molar-refractivity contribution is 0.489. The Morgan fingerprint density at radius 2 is 1.41 bits per heavy atom. The molecule has 0 amide bonds. The van der Waals surface area contributed by atoms with Gasteiger partial charge in [-0.1, -0.05) is 62.4 Å². The molecule has 1 fully saturated rings. The summed E-state index contributed by atoms with van der Waals surface area (Å²) in [5.74, 6) is 1.86. The molecule has 0 aliphatic heterocycles. The number of hydrogen-bond acceptors (Lipinski definition) is 0. The smallest absolute Gasteiger partial charge is 0.0241 e. The molecule has 0 unspecified atom stereocenters. The van der Waals surface area contributed by atoms with Crippen LogP contribution in [0.1, 0.15) is 63.4 Å². The van der Waals surface area contributed by atoms with Crippen molar-refractivity contribution in [2.45, 2.75) is 64.2 Å². The highest BCUT2D eigenvalue weighted by molar-refractivity contribution is 5.14. The van der Waals surface area contributed by atoms with E-state index in [0.717, 1.165) is 0 Å². The van der Waals surface area contributed by atoms with E-state index in [2.05, 4.69) is 30.3 Å². The topological polar surface area (TPSA) is 0 Å². The molecular weight excluding hydrogens is 204 g/mol. The van der Waals surface area contributed by atoms with Crippen LogP contribution in [-0.4, -0.2) is 0 Å². The summed E-state index contributed by atoms with van der Waals surface area (Å²) in [6.07, 6.45) is 14.1. The summed E-state index contributed by atoms with van der Waals surface area (Å²) in [7, 11) is 0. The van der Waals surface area contributed by atoms with Gasteiger partial charge in [0.15, 0.2) is 0 Å². The standard InChI is InChI=1S/C17H25/c1-4-10-16(11-5-1)14-8-3-9-15-17-12-6-2-7-13-17/h1,4-5,10-11H,2-3,6-9,12-15H2. The zero-order chi connectivity index (χ0) is 11.8. The van der Waals surface area contributed by atoms with Crippen LogP contribution in [-0.2, 0) is 6.42 Å². The Balaban J connectivity index is 1.51. The van der Waals surface area contributed by atoms with Crippen LogP contribution in [0.15, 0.2) is 30.3 Å². The normalized spacial score (nSPS) is 17.2. The molecule has 0 heteroatoms. The fourth-order valence-electron chi connectivity index (χ4n) is 2.83. The van der Waals surface area contributed by atoms with Gasteiger partial charge in [-0.3, -0.25) is 0 Å². The van der Waals surface area contributed by atoms with Gasteiger partial charge in [-0.05, 0) is 43.6 Å². The van der Waals surface area contributed by atoms with E-state index in [4.69, 9.17) is 0 Å². The van der Waals surface area contributed by atoms with Gasteiger partial charge in [-0.25, -0.2) is 0 Å². The molecule has 0 atom stereocenters. The van der Waals surface area contributed by atoms with Crippen molar-refractivity contribution >= 4 is 0 Å². The summed E-state index contributed by atoms with van der Waals surface area (Å²) in [4.78, 5) is 0. The number of aryl methyl sites for hydroxylation is 1. The second-order valence-corrected chi connectivity index (χ2v) is 5.36. The number of hydrogen-bond donors (Lipinski definition) is 0. The fourth-order valence-corrected chi connectivity index (χ4v) is 2.83. The minimum atomic E-state index is 1.26. The van der Waals surface area contributed by atoms with Gasteiger partial charge < -0.3 is 0 Å². The second kappa shape index (κ2) is 7.53. The average molecular weight is 229 g/mol. The Hall–Kier alpha value is -0.780. The van der Waals surface area contributed by atoms with Crippen LogP contribution in [0.2, 0.25) is 0 Å². The maximum Gasteiger partial charge on any atom is -0.0241 e. The largest absolute Gasteiger partial charge is 0.0622 e. The summed E-state index contributed by atoms with van der Waals surface area (Å²) in [6, 6.07) is 10.9. The third kappa shape index (κ3) is 4.93. The van der Waals surface area contributed by atoms with E-state index >= 15 is 0 Å². The molecule has 0 N–H and O–H groups in total. The van der Waals surface area contributed by atoms with E-state index in [9.17, 15) is 0 Å². The fraction of sp³-hybridized carbons (Fsp3) is 0.588. The van der Waals surface area contributed by atoms with Gasteiger partial charge in [0.05, 0.1) is 0 Å². The van der Waals surface area contributed by atoms with Crippen LogP contribution in [0.5, 0.6) is 0 Å². The quantitative estimate of drug-likeness (QED) is 0.578. The molecule has 1 radical (unpaired) electrons. The third-order valence-corrected chi connectivity index (χ3v) is 3.90. The van der Waals surface area contributed by atoms with Crippen LogP contribution in [0, 0.1) is 5.92 Å². The summed E-state index contributed by atoms with van der Waals surface area (Å²) in [6.45, 7) is 0. The predicted octanol–water partition coefficient (Wildman–Crippen LogP) is 5.33. The Morgan fingerprint density at radius 3 is 2.18 bits per heavy atom. The van der Waals surface area contributed by atoms with Gasteiger partial charge in [0.1, 0.15) is 0 Å². The molecule has 0 nitrogen and oxygen atoms in total. The van der Waals surface area contributed by atoms with Gasteiger partial charge >= 0.3 is 0 Å². The van der Waals surface area contributed by atoms with Crippen molar-refractivity contribution < 1.29 is 0 Å². The van der Waals surface area contributed by atoms with E-state index in [1.807, 2.05) is 5.92 Å². The molecule has 0 aromatic heterocycles. The van der Waals surface area contributed by atoms with Crippen LogP contribution < -0.4 is 0 Å². The maximum atomic E-state index is 2.25. The van der Waals surface area contributed by atoms with E-state index in [1.54, 1.807) is 0 Å². The van der Waals surface area contributed by atoms with Crippen molar-refractivity contribution in [2.24, 2.45) is 0 Å². The lowest BCUT2D eigenvalue weighted by Gasteiger charge is -2.20. The van der Waals surface area contributed by atoms with Crippen LogP contribution in [0.3, 0.4) is 0 Å². The number of unbranched alkanes of at least 4 members (excludes halogenated alkanes) is 2. The molecule has 1 aromatic rings. The molecule has 93 valence electrons. The lowest BCUT2D eigenvalue weighted by Crippen LogP contribution is -2.03. The van der Waals surface area contributed by atoms with Crippen molar-refractivity contribution in [1.29, 1.82) is 0 Å². The van der Waals surface area contributed by atoms with E-state index in [-0.39, 0.29) is 0 Å². The zero-order valence-electron chi connectivity index (χ0n) is 11.0. The molecule has 0 saturated heterocycles. The SMILES string of the molecule is c1ccc(CCCCC[C]2CCCCC2)cc1. The summed E-state index contributed by atoms with van der Waals surface area (Å²) in [5.41, 5.74) is 1.50. The average Bonchev–Trinajstić information content (AvgIpc) is 2.41. The Morgan fingerprint density at radius 1 is 0.706 bits per heavy atom. The molecule has 1 saturated carbocycles. The first-order valence-corrected chi connectivity index (χ1v) is 7.32. The van der Waals surface area contributed by atoms with Crippen molar-refractivity contribution in [3.05, 3.63) is 41.8 Å². The highest BCUT2D eigenvalue weighted by Gasteiger charge is 2.12. The summed E-state index contributed by atoms with van der Waals surface area (Å²) < 4.78 is 0. The first kappa shape index (κ1) is 12.7. The van der Waals surface area contributed by atoms with Gasteiger partial charge in [0.25, 0.3) is 0 Å². The molecule has 0 spiro atoms. The van der Waals surface area contributed by atoms with E-state index in [1.165, 1.54) is 69.8 Å². The molecule has 0 bridgehead atoms. The summed E-state index contributed by atoms with van der Waals surface area (Å²) >= 11 is 0. The minimum absolute atomic E-state index is 1.26. The first-order chi connectivity index (χ1) is 8.45. The lowest BCUT2D eigenvalue weighted by atomic mass is 9.85. The van der Waals surface area contributed by atoms with E-state index < -0.39 is 0 Å². The van der Waals surface area contributed by atoms with Crippen LogP contribution in [0.25, 0.3) is 0 Å². The van der Waals surface area contributed by atoms with Crippen molar-refractivity contribution in [2.75, 3.05) is 0 Å². The Kier molecular flexibility index (Phi) is 5.61.